The molecule has 2 radical (unpaired) electrons. The van der Waals surface area contributed by atoms with E-state index in [9.17, 15) is 33.6 Å². The average Bonchev–Trinajstić information content (AvgIpc) is 1.57. The lowest BCUT2D eigenvalue weighted by Gasteiger charge is -2.31. The summed E-state index contributed by atoms with van der Waals surface area (Å²) in [6, 6.07) is 98.0. The van der Waals surface area contributed by atoms with Crippen molar-refractivity contribution in [3.05, 3.63) is 402 Å². The molecule has 0 spiro atoms. The zero-order valence-corrected chi connectivity index (χ0v) is 83.2. The summed E-state index contributed by atoms with van der Waals surface area (Å²) in [4.78, 5) is 91.4. The van der Waals surface area contributed by atoms with Crippen LogP contribution in [0.4, 0.5) is 17.1 Å². The topological polar surface area (TPSA) is 233 Å². The minimum Gasteiger partial charge on any atom is -0.387 e. The third-order valence-corrected chi connectivity index (χ3v) is 29.2. The van der Waals surface area contributed by atoms with Crippen LogP contribution in [0, 0.1) is 0 Å². The molecule has 9 aliphatic rings. The fourth-order valence-corrected chi connectivity index (χ4v) is 19.7. The lowest BCUT2D eigenvalue weighted by molar-refractivity contribution is -0.135. The van der Waals surface area contributed by atoms with Gasteiger partial charge in [-0.05, 0) is 238 Å². The zero-order valence-electron chi connectivity index (χ0n) is 79.4. The lowest BCUT2D eigenvalue weighted by Crippen LogP contribution is -2.53. The van der Waals surface area contributed by atoms with Gasteiger partial charge in [0.25, 0.3) is 17.7 Å². The Morgan fingerprint density at radius 1 is 0.364 bits per heavy atom. The maximum Gasteiger partial charge on any atom is 0.259 e. The van der Waals surface area contributed by atoms with Gasteiger partial charge in [-0.3, -0.25) is 63.8 Å². The molecule has 0 saturated carbocycles. The number of benzene rings is 14. The second kappa shape index (κ2) is 46.4. The number of halogens is 4. The maximum atomic E-state index is 13.4. The van der Waals surface area contributed by atoms with Gasteiger partial charge in [0.05, 0.1) is 21.7 Å². The number of carbonyl (C=O) groups excluding carboxylic acids is 7. The first kappa shape index (κ1) is 101. The minimum atomic E-state index is -1.01. The van der Waals surface area contributed by atoms with Crippen LogP contribution < -0.4 is 36.9 Å². The SMILES string of the molecule is CC(C)(O)C(C)(C)O.ClCc1ccc(CCl)cc1.ClCc1ccc(CN2CCc3ccccc3C2)cc1.O=C1CCC(Br)C(=O)N1.O=C1CCC(N2C(=O)c3cccc4c(Cc5ccc(CN6CCc7ccccc7C6)cc5)ccc2c34)C(=O)N1.O=C1Nc2ccc(Cc3ccc(CN4CCc5ccccc5C4)cc3)c3cccc1c23.[B]c1ccc2c3c(cccc13)C(=O)N2.c1ccc2c(c1)CCNC2. The Labute approximate surface area is 844 Å². The second-order valence-corrected chi connectivity index (χ2v) is 39.8. The fraction of sp³-hybridized carbons (Fsp3) is 0.274. The van der Waals surface area contributed by atoms with Gasteiger partial charge in [0.15, 0.2) is 0 Å². The van der Waals surface area contributed by atoms with Crippen molar-refractivity contribution in [3.63, 3.8) is 0 Å². The number of piperidine rings is 2. The molecule has 2 unspecified atom stereocenters. The Bertz CT molecular complexity index is 6810. The Hall–Kier alpha value is -12.3. The number of amides is 7. The van der Waals surface area contributed by atoms with Crippen molar-refractivity contribution in [3.8, 4) is 0 Å². The Morgan fingerprint density at radius 3 is 1.14 bits per heavy atom. The maximum absolute atomic E-state index is 13.4. The highest BCUT2D eigenvalue weighted by Gasteiger charge is 2.41. The standard InChI is InChI=1S/C33H29N3O3.C28H24N2O.C17H18ClN.C11H6BNO.C9H11N.C8H8Cl2.C6H14O2.C5H6BrNO2/c37-30-15-14-29(32(38)34-30)36-28-13-12-24(26-6-3-7-27(31(26)28)33(36)39)18-21-8-10-22(11-9-21)19-35-17-16-23-4-1-2-5-25(23)20-35;31-28-25-7-3-6-24-22(12-13-26(29-28)27(24)25)16-19-8-10-20(11-9-19)17-30-15-14-21-4-1-2-5-23(21)18-30;18-11-14-5-7-15(8-6-14)12-19-10-9-16-3-1-2-4-17(16)13-19;12-8-4-5-9-10-6(8)2-1-3-7(10)11(14)13-9;1-2-4-9-7-10-6-5-8(9)3-1;9-5-7-1-2-8(6-10)4-3-7;1-5(2,7)6(3,4)8;6-3-1-2-4(8)7-5(3)9/h1-13,29H,14-20H2,(H,34,37,38);1-13H,14-18H2,(H,29,31);1-8H,9-13H2;1-5H,(H,13,14);1-4,10H,5-7H2;1-4H,5-6H2;7-8H,1-4H3;3H,1-2H2,(H,7,8,9). The third kappa shape index (κ3) is 25.0. The summed E-state index contributed by atoms with van der Waals surface area (Å²) in [5, 5.41) is 38.0. The van der Waals surface area contributed by atoms with Crippen LogP contribution in [0.1, 0.15) is 185 Å². The van der Waals surface area contributed by atoms with E-state index in [1.165, 1.54) is 95.3 Å². The van der Waals surface area contributed by atoms with Gasteiger partial charge in [-0.25, -0.2) is 0 Å². The second-order valence-electron chi connectivity index (χ2n) is 37.9. The molecule has 23 rings (SSSR count). The van der Waals surface area contributed by atoms with Crippen LogP contribution in [-0.4, -0.2) is 122 Å². The van der Waals surface area contributed by atoms with Crippen LogP contribution in [0.25, 0.3) is 32.3 Å². The molecule has 14 aromatic rings. The Balaban J connectivity index is 0.000000124. The van der Waals surface area contributed by atoms with Crippen molar-refractivity contribution in [1.82, 2.24) is 30.7 Å². The van der Waals surface area contributed by atoms with Crippen molar-refractivity contribution in [2.45, 2.75) is 177 Å². The van der Waals surface area contributed by atoms with E-state index in [-0.39, 0.29) is 46.7 Å². The van der Waals surface area contributed by atoms with Crippen molar-refractivity contribution in [2.24, 2.45) is 0 Å². The summed E-state index contributed by atoms with van der Waals surface area (Å²) in [6.07, 6.45) is 7.84. The molecule has 14 aromatic carbocycles. The van der Waals surface area contributed by atoms with Gasteiger partial charge in [-0.2, -0.15) is 0 Å². The number of nitrogens with zero attached hydrogens (tertiary/aromatic N) is 4. The number of imide groups is 2. The summed E-state index contributed by atoms with van der Waals surface area (Å²) in [5.74, 6) is 0.446. The van der Waals surface area contributed by atoms with Crippen LogP contribution in [-0.2, 0) is 121 Å². The molecule has 0 bridgehead atoms. The van der Waals surface area contributed by atoms with Gasteiger partial charge in [-0.1, -0.05) is 270 Å². The van der Waals surface area contributed by atoms with Gasteiger partial charge < -0.3 is 26.2 Å². The molecule has 9 heterocycles. The van der Waals surface area contributed by atoms with Crippen LogP contribution in [0.3, 0.4) is 0 Å². The van der Waals surface area contributed by atoms with Crippen LogP contribution in [0.5, 0.6) is 0 Å². The Kier molecular flexibility index (Phi) is 33.4. The molecule has 0 aromatic heterocycles. The normalized spacial score (nSPS) is 16.5. The molecule has 140 heavy (non-hydrogen) atoms. The Morgan fingerprint density at radius 2 is 0.729 bits per heavy atom. The number of nitrogens with one attached hydrogen (secondary N) is 5. The highest BCUT2D eigenvalue weighted by atomic mass is 79.9. The highest BCUT2D eigenvalue weighted by Crippen LogP contribution is 2.43. The lowest BCUT2D eigenvalue weighted by atomic mass is 9.89. The average molecular weight is 1990 g/mol. The van der Waals surface area contributed by atoms with Crippen LogP contribution in [0.2, 0.25) is 0 Å². The molecule has 18 nitrogen and oxygen atoms in total. The van der Waals surface area contributed by atoms with Crippen molar-refractivity contribution >= 4 is 155 Å². The first-order valence-electron chi connectivity index (χ1n) is 48.0. The number of aliphatic hydroxyl groups is 2. The van der Waals surface area contributed by atoms with E-state index in [2.05, 4.69) is 251 Å². The molecular formula is C117H116BBrCl3N9O9. The summed E-state index contributed by atoms with van der Waals surface area (Å²) in [7, 11) is 5.83. The smallest absolute Gasteiger partial charge is 0.259 e. The molecule has 714 valence electrons. The number of alkyl halides is 4. The van der Waals surface area contributed by atoms with Gasteiger partial charge >= 0.3 is 0 Å². The molecule has 7 N–H and O–H groups in total. The van der Waals surface area contributed by atoms with E-state index in [1.54, 1.807) is 32.6 Å². The summed E-state index contributed by atoms with van der Waals surface area (Å²) < 4.78 is 0. The van der Waals surface area contributed by atoms with E-state index in [4.69, 9.17) is 52.9 Å². The van der Waals surface area contributed by atoms with Crippen molar-refractivity contribution < 1.29 is 43.8 Å². The molecule has 9 aliphatic heterocycles. The van der Waals surface area contributed by atoms with Crippen molar-refractivity contribution in [2.75, 3.05) is 41.7 Å². The predicted octanol–water partition coefficient (Wildman–Crippen LogP) is 20.7. The van der Waals surface area contributed by atoms with E-state index >= 15 is 0 Å². The highest BCUT2D eigenvalue weighted by molar-refractivity contribution is 9.10. The number of anilines is 3. The van der Waals surface area contributed by atoms with Gasteiger partial charge in [0.2, 0.25) is 23.6 Å². The van der Waals surface area contributed by atoms with Gasteiger partial charge in [0, 0.05) is 140 Å². The molecule has 23 heteroatoms. The largest absolute Gasteiger partial charge is 0.387 e. The van der Waals surface area contributed by atoms with Crippen molar-refractivity contribution in [1.29, 1.82) is 0 Å². The molecule has 7 amide bonds. The third-order valence-electron chi connectivity index (χ3n) is 27.4. The van der Waals surface area contributed by atoms with Crippen LogP contribution in [0.15, 0.2) is 285 Å². The quantitative estimate of drug-likeness (QED) is 0.0288. The summed E-state index contributed by atoms with van der Waals surface area (Å²) in [5.41, 5.74) is 27.6. The zero-order chi connectivity index (χ0) is 98.1. The number of hydrogen-bond donors (Lipinski definition) is 7. The van der Waals surface area contributed by atoms with Gasteiger partial charge in [0.1, 0.15) is 13.9 Å². The number of fused-ring (bicyclic) bond motifs is 4. The van der Waals surface area contributed by atoms with E-state index in [0.29, 0.717) is 53.5 Å². The summed E-state index contributed by atoms with van der Waals surface area (Å²) >= 11 is 20.1. The van der Waals surface area contributed by atoms with E-state index in [0.717, 1.165) is 170 Å². The minimum absolute atomic E-state index is 0.00226. The molecule has 2 saturated heterocycles. The first-order chi connectivity index (χ1) is 67.7. The predicted molar refractivity (Wildman–Crippen MR) is 568 cm³/mol. The van der Waals surface area contributed by atoms with Gasteiger partial charge in [-0.15, -0.1) is 34.8 Å². The fourth-order valence-electron chi connectivity index (χ4n) is 18.8. The molecule has 0 aliphatic carbocycles. The number of rotatable bonds is 15. The number of carbonyl (C=O) groups is 7. The first-order valence-corrected chi connectivity index (χ1v) is 50.5. The molecular weight excluding hydrogens is 1870 g/mol. The number of hydrogen-bond acceptors (Lipinski definition) is 13. The van der Waals surface area contributed by atoms with E-state index in [1.807, 2.05) is 91.0 Å². The molecule has 2 fully saturated rings. The summed E-state index contributed by atoms with van der Waals surface area (Å²) in [6.45, 7) is 17.9. The van der Waals surface area contributed by atoms with E-state index < -0.39 is 23.2 Å². The monoisotopic (exact) mass is 1990 g/mol. The van der Waals surface area contributed by atoms with Crippen LogP contribution >= 0.6 is 50.7 Å². The molecule has 2 atom stereocenters.